The summed E-state index contributed by atoms with van der Waals surface area (Å²) in [5, 5.41) is 11.9. The van der Waals surface area contributed by atoms with Crippen LogP contribution in [0.2, 0.25) is 0 Å². The van der Waals surface area contributed by atoms with Gasteiger partial charge in [-0.3, -0.25) is 0 Å². The highest BCUT2D eigenvalue weighted by Gasteiger charge is 2.24. The average Bonchev–Trinajstić information content (AvgIpc) is 2.45. The third-order valence-corrected chi connectivity index (χ3v) is 3.48. The number of rotatable bonds is 2. The van der Waals surface area contributed by atoms with Gasteiger partial charge in [0, 0.05) is 24.8 Å². The zero-order valence-electron chi connectivity index (χ0n) is 13.4. The van der Waals surface area contributed by atoms with Gasteiger partial charge in [0.05, 0.1) is 11.6 Å². The van der Waals surface area contributed by atoms with Crippen molar-refractivity contribution in [3.05, 3.63) is 29.8 Å². The molecular formula is C17H23N3O2. The van der Waals surface area contributed by atoms with E-state index in [0.29, 0.717) is 5.56 Å². The number of nitrogens with zero attached hydrogens (tertiary/aromatic N) is 2. The maximum absolute atomic E-state index is 11.9. The van der Waals surface area contributed by atoms with E-state index in [-0.39, 0.29) is 12.1 Å². The smallest absolute Gasteiger partial charge is 0.407 e. The summed E-state index contributed by atoms with van der Waals surface area (Å²) < 4.78 is 5.31. The number of carbonyl (C=O) groups is 1. The number of nitrogens with one attached hydrogen (secondary N) is 1. The van der Waals surface area contributed by atoms with Gasteiger partial charge in [-0.25, -0.2) is 4.79 Å². The van der Waals surface area contributed by atoms with E-state index in [2.05, 4.69) is 16.3 Å². The molecule has 1 heterocycles. The Morgan fingerprint density at radius 1 is 1.45 bits per heavy atom. The van der Waals surface area contributed by atoms with Crippen LogP contribution >= 0.6 is 0 Å². The largest absolute Gasteiger partial charge is 0.444 e. The molecule has 1 aliphatic rings. The van der Waals surface area contributed by atoms with Gasteiger partial charge < -0.3 is 15.0 Å². The number of ether oxygens (including phenoxy) is 1. The van der Waals surface area contributed by atoms with Crippen molar-refractivity contribution in [3.63, 3.8) is 0 Å². The van der Waals surface area contributed by atoms with Gasteiger partial charge in [0.25, 0.3) is 0 Å². The van der Waals surface area contributed by atoms with Gasteiger partial charge in [0.2, 0.25) is 0 Å². The predicted molar refractivity (Wildman–Crippen MR) is 85.8 cm³/mol. The van der Waals surface area contributed by atoms with Gasteiger partial charge in [-0.15, -0.1) is 0 Å². The number of hydrogen-bond acceptors (Lipinski definition) is 4. The van der Waals surface area contributed by atoms with Crippen LogP contribution < -0.4 is 10.2 Å². The van der Waals surface area contributed by atoms with Gasteiger partial charge >= 0.3 is 6.09 Å². The minimum absolute atomic E-state index is 0.0642. The second-order valence-corrected chi connectivity index (χ2v) is 6.59. The van der Waals surface area contributed by atoms with Crippen molar-refractivity contribution < 1.29 is 9.53 Å². The second kappa shape index (κ2) is 6.69. The number of anilines is 1. The van der Waals surface area contributed by atoms with Gasteiger partial charge in [0.15, 0.2) is 0 Å². The summed E-state index contributed by atoms with van der Waals surface area (Å²) in [6.45, 7) is 7.23. The van der Waals surface area contributed by atoms with E-state index >= 15 is 0 Å². The van der Waals surface area contributed by atoms with Crippen LogP contribution in [0, 0.1) is 11.3 Å². The first-order chi connectivity index (χ1) is 10.4. The first-order valence-corrected chi connectivity index (χ1v) is 7.62. The van der Waals surface area contributed by atoms with Crippen LogP contribution in [0.15, 0.2) is 24.3 Å². The van der Waals surface area contributed by atoms with E-state index in [4.69, 9.17) is 10.00 Å². The highest BCUT2D eigenvalue weighted by Crippen LogP contribution is 2.21. The summed E-state index contributed by atoms with van der Waals surface area (Å²) in [5.74, 6) is 0. The van der Waals surface area contributed by atoms with Crippen molar-refractivity contribution in [2.24, 2.45) is 0 Å². The number of piperidine rings is 1. The third kappa shape index (κ3) is 4.66. The van der Waals surface area contributed by atoms with E-state index < -0.39 is 5.60 Å². The molecule has 2 rings (SSSR count). The van der Waals surface area contributed by atoms with Gasteiger partial charge in [-0.2, -0.15) is 5.26 Å². The van der Waals surface area contributed by atoms with Crippen molar-refractivity contribution >= 4 is 11.8 Å². The van der Waals surface area contributed by atoms with Gasteiger partial charge in [-0.05, 0) is 51.8 Å². The first kappa shape index (κ1) is 16.2. The van der Waals surface area contributed by atoms with E-state index in [9.17, 15) is 4.79 Å². The van der Waals surface area contributed by atoms with Crippen molar-refractivity contribution in [2.45, 2.75) is 45.3 Å². The number of amides is 1. The van der Waals surface area contributed by atoms with Crippen LogP contribution in [0.4, 0.5) is 10.5 Å². The summed E-state index contributed by atoms with van der Waals surface area (Å²) in [7, 11) is 0. The summed E-state index contributed by atoms with van der Waals surface area (Å²) in [6, 6.07) is 9.79. The number of benzene rings is 1. The maximum Gasteiger partial charge on any atom is 0.407 e. The molecule has 0 aliphatic carbocycles. The van der Waals surface area contributed by atoms with Crippen LogP contribution in [0.5, 0.6) is 0 Å². The Balaban J connectivity index is 1.97. The number of hydrogen-bond donors (Lipinski definition) is 1. The molecule has 1 saturated heterocycles. The Morgan fingerprint density at radius 3 is 2.91 bits per heavy atom. The Hall–Kier alpha value is -2.22. The minimum atomic E-state index is -0.487. The summed E-state index contributed by atoms with van der Waals surface area (Å²) >= 11 is 0. The lowest BCUT2D eigenvalue weighted by Crippen LogP contribution is -2.49. The highest BCUT2D eigenvalue weighted by atomic mass is 16.6. The van der Waals surface area contributed by atoms with Crippen LogP contribution in [-0.4, -0.2) is 30.8 Å². The molecule has 0 spiro atoms. The zero-order chi connectivity index (χ0) is 16.2. The first-order valence-electron chi connectivity index (χ1n) is 7.62. The molecule has 0 radical (unpaired) electrons. The zero-order valence-corrected chi connectivity index (χ0v) is 13.4. The van der Waals surface area contributed by atoms with Crippen molar-refractivity contribution in [1.29, 1.82) is 5.26 Å². The fourth-order valence-electron chi connectivity index (χ4n) is 2.58. The molecule has 1 amide bonds. The van der Waals surface area contributed by atoms with E-state index in [0.717, 1.165) is 31.6 Å². The van der Waals surface area contributed by atoms with Crippen molar-refractivity contribution in [3.8, 4) is 6.07 Å². The molecule has 0 saturated carbocycles. The molecule has 0 aromatic heterocycles. The molecule has 22 heavy (non-hydrogen) atoms. The quantitative estimate of drug-likeness (QED) is 0.911. The number of nitriles is 1. The standard InChI is InChI=1S/C17H23N3O2/c1-17(2,3)22-16(21)19-14-7-5-9-20(12-14)15-8-4-6-13(10-15)11-18/h4,6,8,10,14H,5,7,9,12H2,1-3H3,(H,19,21). The second-order valence-electron chi connectivity index (χ2n) is 6.59. The van der Waals surface area contributed by atoms with E-state index in [1.54, 1.807) is 6.07 Å². The molecule has 5 heteroatoms. The van der Waals surface area contributed by atoms with Crippen molar-refractivity contribution in [1.82, 2.24) is 5.32 Å². The van der Waals surface area contributed by atoms with Gasteiger partial charge in [0.1, 0.15) is 5.60 Å². The molecular weight excluding hydrogens is 278 g/mol. The third-order valence-electron chi connectivity index (χ3n) is 3.48. The predicted octanol–water partition coefficient (Wildman–Crippen LogP) is 3.05. The van der Waals surface area contributed by atoms with E-state index in [1.807, 2.05) is 39.0 Å². The Labute approximate surface area is 131 Å². The molecule has 1 aliphatic heterocycles. The fourth-order valence-corrected chi connectivity index (χ4v) is 2.58. The SMILES string of the molecule is CC(C)(C)OC(=O)NC1CCCN(c2cccc(C#N)c2)C1. The normalized spacial score (nSPS) is 18.5. The van der Waals surface area contributed by atoms with E-state index in [1.165, 1.54) is 0 Å². The molecule has 1 aromatic rings. The van der Waals surface area contributed by atoms with Crippen LogP contribution in [0.1, 0.15) is 39.2 Å². The lowest BCUT2D eigenvalue weighted by Gasteiger charge is -2.35. The molecule has 1 unspecified atom stereocenters. The maximum atomic E-state index is 11.9. The lowest BCUT2D eigenvalue weighted by atomic mass is 10.0. The summed E-state index contributed by atoms with van der Waals surface area (Å²) in [5.41, 5.74) is 1.19. The summed E-state index contributed by atoms with van der Waals surface area (Å²) in [6.07, 6.45) is 1.57. The van der Waals surface area contributed by atoms with Crippen LogP contribution in [0.3, 0.4) is 0 Å². The Bertz CT molecular complexity index is 572. The Morgan fingerprint density at radius 2 is 2.23 bits per heavy atom. The van der Waals surface area contributed by atoms with Crippen LogP contribution in [0.25, 0.3) is 0 Å². The molecule has 5 nitrogen and oxygen atoms in total. The molecule has 1 fully saturated rings. The molecule has 0 bridgehead atoms. The topological polar surface area (TPSA) is 65.4 Å². The molecule has 118 valence electrons. The number of alkyl carbamates (subject to hydrolysis) is 1. The molecule has 1 atom stereocenters. The average molecular weight is 301 g/mol. The van der Waals surface area contributed by atoms with Crippen LogP contribution in [-0.2, 0) is 4.74 Å². The molecule has 1 aromatic carbocycles. The lowest BCUT2D eigenvalue weighted by molar-refractivity contribution is 0.0500. The summed E-state index contributed by atoms with van der Waals surface area (Å²) in [4.78, 5) is 14.1. The monoisotopic (exact) mass is 301 g/mol. The van der Waals surface area contributed by atoms with Gasteiger partial charge in [-0.1, -0.05) is 6.07 Å². The molecule has 1 N–H and O–H groups in total. The minimum Gasteiger partial charge on any atom is -0.444 e. The highest BCUT2D eigenvalue weighted by molar-refractivity contribution is 5.68. The van der Waals surface area contributed by atoms with Crippen molar-refractivity contribution in [2.75, 3.05) is 18.0 Å². The number of carbonyl (C=O) groups excluding carboxylic acids is 1. The Kier molecular flexibility index (Phi) is 4.92. The fraction of sp³-hybridized carbons (Fsp3) is 0.529.